The largest absolute Gasteiger partial charge is 0.494 e. The number of ether oxygens (including phenoxy) is 2. The van der Waals surface area contributed by atoms with Crippen LogP contribution in [0.1, 0.15) is 84.5 Å². The van der Waals surface area contributed by atoms with Crippen LogP contribution in [-0.4, -0.2) is 12.6 Å². The fraction of sp³-hybridized carbons (Fsp3) is 0.581. The van der Waals surface area contributed by atoms with Crippen molar-refractivity contribution in [2.24, 2.45) is 23.7 Å². The zero-order valence-corrected chi connectivity index (χ0v) is 21.1. The highest BCUT2D eigenvalue weighted by atomic mass is 16.5. The summed E-state index contributed by atoms with van der Waals surface area (Å²) >= 11 is 0. The van der Waals surface area contributed by atoms with E-state index in [2.05, 4.69) is 26.0 Å². The first-order valence-electron chi connectivity index (χ1n) is 13.7. The van der Waals surface area contributed by atoms with Crippen LogP contribution in [0, 0.1) is 23.7 Å². The van der Waals surface area contributed by atoms with Gasteiger partial charge in [0.15, 0.2) is 0 Å². The molecule has 34 heavy (non-hydrogen) atoms. The van der Waals surface area contributed by atoms with Crippen molar-refractivity contribution in [2.45, 2.75) is 84.5 Å². The minimum absolute atomic E-state index is 0.0460. The van der Waals surface area contributed by atoms with Gasteiger partial charge in [0, 0.05) is 0 Å². The molecule has 0 unspecified atom stereocenters. The topological polar surface area (TPSA) is 35.5 Å². The Morgan fingerprint density at radius 1 is 0.706 bits per heavy atom. The summed E-state index contributed by atoms with van der Waals surface area (Å²) in [6.07, 6.45) is 13.8. The molecule has 4 rings (SSSR count). The molecule has 0 radical (unpaired) electrons. The summed E-state index contributed by atoms with van der Waals surface area (Å²) in [7, 11) is 0. The van der Waals surface area contributed by atoms with Gasteiger partial charge in [-0.15, -0.1) is 0 Å². The van der Waals surface area contributed by atoms with Crippen LogP contribution >= 0.6 is 0 Å². The van der Waals surface area contributed by atoms with E-state index in [0.717, 1.165) is 60.5 Å². The normalized spacial score (nSPS) is 25.0. The maximum atomic E-state index is 12.8. The number of rotatable bonds is 9. The standard InChI is InChI=1S/C31H42O3/c1-3-5-23-6-8-24(9-7-23)25-10-12-28(13-11-25)31(32)34-30-20-16-27(17-21-30)26-14-18-29(19-15-26)33-22-4-2/h14-21,23-25,28H,3-13,22H2,1-2H3. The molecule has 3 nitrogen and oxygen atoms in total. The lowest BCUT2D eigenvalue weighted by atomic mass is 9.69. The predicted molar refractivity (Wildman–Crippen MR) is 139 cm³/mol. The minimum Gasteiger partial charge on any atom is -0.494 e. The van der Waals surface area contributed by atoms with E-state index >= 15 is 0 Å². The first-order chi connectivity index (χ1) is 16.7. The van der Waals surface area contributed by atoms with Crippen LogP contribution < -0.4 is 9.47 Å². The monoisotopic (exact) mass is 462 g/mol. The molecule has 0 aliphatic heterocycles. The molecule has 0 N–H and O–H groups in total. The average molecular weight is 463 g/mol. The molecule has 2 fully saturated rings. The SMILES string of the molecule is CCCOc1ccc(-c2ccc(OC(=O)C3CCC(C4CCC(CCC)CC4)CC3)cc2)cc1. The van der Waals surface area contributed by atoms with Gasteiger partial charge in [-0.05, 0) is 98.1 Å². The highest BCUT2D eigenvalue weighted by molar-refractivity contribution is 5.75. The van der Waals surface area contributed by atoms with E-state index in [1.54, 1.807) is 0 Å². The lowest BCUT2D eigenvalue weighted by Gasteiger charge is -2.37. The molecule has 0 aromatic heterocycles. The number of carbonyl (C=O) groups excluding carboxylic acids is 1. The molecular formula is C31H42O3. The molecule has 0 amide bonds. The third-order valence-electron chi connectivity index (χ3n) is 8.09. The Hall–Kier alpha value is -2.29. The van der Waals surface area contributed by atoms with Gasteiger partial charge >= 0.3 is 5.97 Å². The highest BCUT2D eigenvalue weighted by Crippen LogP contribution is 2.42. The summed E-state index contributed by atoms with van der Waals surface area (Å²) in [5.74, 6) is 4.24. The van der Waals surface area contributed by atoms with Crippen molar-refractivity contribution >= 4 is 5.97 Å². The summed E-state index contributed by atoms with van der Waals surface area (Å²) in [5.41, 5.74) is 2.24. The smallest absolute Gasteiger partial charge is 0.314 e. The van der Waals surface area contributed by atoms with Crippen molar-refractivity contribution in [1.82, 2.24) is 0 Å². The van der Waals surface area contributed by atoms with E-state index in [-0.39, 0.29) is 11.9 Å². The quantitative estimate of drug-likeness (QED) is 0.277. The number of benzene rings is 2. The third-order valence-corrected chi connectivity index (χ3v) is 8.09. The number of hydrogen-bond donors (Lipinski definition) is 0. The maximum absolute atomic E-state index is 12.8. The van der Waals surface area contributed by atoms with E-state index in [1.807, 2.05) is 36.4 Å². The number of carbonyl (C=O) groups is 1. The van der Waals surface area contributed by atoms with E-state index in [1.165, 1.54) is 51.4 Å². The van der Waals surface area contributed by atoms with Crippen molar-refractivity contribution in [3.63, 3.8) is 0 Å². The predicted octanol–water partition coefficient (Wildman–Crippen LogP) is 8.46. The lowest BCUT2D eigenvalue weighted by molar-refractivity contribution is -0.140. The zero-order valence-electron chi connectivity index (χ0n) is 21.1. The fourth-order valence-electron chi connectivity index (χ4n) is 6.06. The molecule has 0 heterocycles. The fourth-order valence-corrected chi connectivity index (χ4v) is 6.06. The summed E-state index contributed by atoms with van der Waals surface area (Å²) in [5, 5.41) is 0. The summed E-state index contributed by atoms with van der Waals surface area (Å²) in [6, 6.07) is 16.0. The Labute approximate surface area is 206 Å². The Balaban J connectivity index is 1.23. The number of hydrogen-bond acceptors (Lipinski definition) is 3. The van der Waals surface area contributed by atoms with Gasteiger partial charge in [0.05, 0.1) is 12.5 Å². The van der Waals surface area contributed by atoms with E-state index < -0.39 is 0 Å². The Bertz CT molecular complexity index is 870. The van der Waals surface area contributed by atoms with Crippen LogP contribution in [0.25, 0.3) is 11.1 Å². The van der Waals surface area contributed by atoms with Crippen molar-refractivity contribution < 1.29 is 14.3 Å². The average Bonchev–Trinajstić information content (AvgIpc) is 2.89. The molecule has 2 aliphatic rings. The lowest BCUT2D eigenvalue weighted by Crippen LogP contribution is -2.30. The molecule has 2 aliphatic carbocycles. The van der Waals surface area contributed by atoms with Crippen molar-refractivity contribution in [1.29, 1.82) is 0 Å². The van der Waals surface area contributed by atoms with Gasteiger partial charge < -0.3 is 9.47 Å². The Morgan fingerprint density at radius 2 is 1.24 bits per heavy atom. The van der Waals surface area contributed by atoms with Crippen molar-refractivity contribution in [3.8, 4) is 22.6 Å². The molecule has 0 bridgehead atoms. The van der Waals surface area contributed by atoms with Crippen molar-refractivity contribution in [2.75, 3.05) is 6.61 Å². The molecule has 0 saturated heterocycles. The first-order valence-corrected chi connectivity index (χ1v) is 13.7. The van der Waals surface area contributed by atoms with Gasteiger partial charge in [0.2, 0.25) is 0 Å². The molecule has 0 atom stereocenters. The maximum Gasteiger partial charge on any atom is 0.314 e. The van der Waals surface area contributed by atoms with E-state index in [4.69, 9.17) is 9.47 Å². The molecule has 184 valence electrons. The Morgan fingerprint density at radius 3 is 1.76 bits per heavy atom. The van der Waals surface area contributed by atoms with E-state index in [9.17, 15) is 4.79 Å². The van der Waals surface area contributed by atoms with Crippen LogP contribution in [0.3, 0.4) is 0 Å². The van der Waals surface area contributed by atoms with Gasteiger partial charge in [-0.25, -0.2) is 0 Å². The molecule has 2 aromatic carbocycles. The van der Waals surface area contributed by atoms with E-state index in [0.29, 0.717) is 5.75 Å². The van der Waals surface area contributed by atoms with Gasteiger partial charge in [0.1, 0.15) is 11.5 Å². The molecule has 2 aromatic rings. The van der Waals surface area contributed by atoms with Gasteiger partial charge in [0.25, 0.3) is 0 Å². The zero-order chi connectivity index (χ0) is 23.8. The Kier molecular flexibility index (Phi) is 9.07. The number of esters is 1. The molecule has 3 heteroatoms. The van der Waals surface area contributed by atoms with Crippen LogP contribution in [0.5, 0.6) is 11.5 Å². The van der Waals surface area contributed by atoms with Crippen LogP contribution in [0.15, 0.2) is 48.5 Å². The van der Waals surface area contributed by atoms with Gasteiger partial charge in [-0.3, -0.25) is 4.79 Å². The van der Waals surface area contributed by atoms with Gasteiger partial charge in [-0.1, -0.05) is 63.8 Å². The molecular weight excluding hydrogens is 420 g/mol. The molecule has 2 saturated carbocycles. The second kappa shape index (κ2) is 12.4. The minimum atomic E-state index is -0.0460. The summed E-state index contributed by atoms with van der Waals surface area (Å²) in [4.78, 5) is 12.8. The van der Waals surface area contributed by atoms with Crippen LogP contribution in [0.4, 0.5) is 0 Å². The second-order valence-electron chi connectivity index (χ2n) is 10.5. The first kappa shape index (κ1) is 24.8. The molecule has 0 spiro atoms. The highest BCUT2D eigenvalue weighted by Gasteiger charge is 2.33. The van der Waals surface area contributed by atoms with Crippen molar-refractivity contribution in [3.05, 3.63) is 48.5 Å². The second-order valence-corrected chi connectivity index (χ2v) is 10.5. The summed E-state index contributed by atoms with van der Waals surface area (Å²) in [6.45, 7) is 5.15. The van der Waals surface area contributed by atoms with Gasteiger partial charge in [-0.2, -0.15) is 0 Å². The summed E-state index contributed by atoms with van der Waals surface area (Å²) < 4.78 is 11.4. The van der Waals surface area contributed by atoms with Crippen LogP contribution in [0.2, 0.25) is 0 Å². The van der Waals surface area contributed by atoms with Crippen LogP contribution in [-0.2, 0) is 4.79 Å². The third kappa shape index (κ3) is 6.64.